The van der Waals surface area contributed by atoms with Gasteiger partial charge in [-0.15, -0.1) is 0 Å². The van der Waals surface area contributed by atoms with E-state index in [0.29, 0.717) is 32.8 Å². The van der Waals surface area contributed by atoms with Gasteiger partial charge in [0, 0.05) is 26.1 Å². The van der Waals surface area contributed by atoms with Crippen LogP contribution in [0.3, 0.4) is 0 Å². The van der Waals surface area contributed by atoms with E-state index in [1.54, 1.807) is 0 Å². The Bertz CT molecular complexity index is 513. The zero-order valence-electron chi connectivity index (χ0n) is 17.3. The molecule has 2 fully saturated rings. The van der Waals surface area contributed by atoms with E-state index in [-0.39, 0.29) is 0 Å². The summed E-state index contributed by atoms with van der Waals surface area (Å²) in [6.07, 6.45) is 2.06. The van der Waals surface area contributed by atoms with Gasteiger partial charge in [-0.25, -0.2) is 9.59 Å². The lowest BCUT2D eigenvalue weighted by Gasteiger charge is -2.40. The van der Waals surface area contributed by atoms with Crippen molar-refractivity contribution in [3.63, 3.8) is 0 Å². The molecule has 27 heavy (non-hydrogen) atoms. The van der Waals surface area contributed by atoms with Crippen molar-refractivity contribution in [2.75, 3.05) is 46.5 Å². The van der Waals surface area contributed by atoms with E-state index in [1.807, 2.05) is 20.8 Å². The van der Waals surface area contributed by atoms with Gasteiger partial charge in [0.2, 0.25) is 0 Å². The maximum Gasteiger partial charge on any atom is 0.411 e. The van der Waals surface area contributed by atoms with E-state index in [2.05, 4.69) is 11.8 Å². The van der Waals surface area contributed by atoms with Gasteiger partial charge in [-0.3, -0.25) is 9.80 Å². The molecule has 1 amide bonds. The van der Waals surface area contributed by atoms with Gasteiger partial charge in [0.1, 0.15) is 11.6 Å². The van der Waals surface area contributed by atoms with Gasteiger partial charge in [0.15, 0.2) is 5.79 Å². The second-order valence-corrected chi connectivity index (χ2v) is 8.08. The molecule has 0 aromatic heterocycles. The molecule has 0 N–H and O–H groups in total. The lowest BCUT2D eigenvalue weighted by Crippen LogP contribution is -2.59. The van der Waals surface area contributed by atoms with Crippen LogP contribution in [0.2, 0.25) is 0 Å². The molecule has 8 heteroatoms. The fraction of sp³-hybridized carbons (Fsp3) is 0.895. The number of rotatable bonds is 6. The van der Waals surface area contributed by atoms with E-state index in [9.17, 15) is 9.59 Å². The highest BCUT2D eigenvalue weighted by atomic mass is 16.7. The molecule has 2 rings (SSSR count). The molecule has 2 aliphatic heterocycles. The van der Waals surface area contributed by atoms with Crippen LogP contribution in [0.15, 0.2) is 0 Å². The molecule has 2 saturated heterocycles. The fourth-order valence-electron chi connectivity index (χ4n) is 3.51. The van der Waals surface area contributed by atoms with Crippen molar-refractivity contribution in [2.24, 2.45) is 0 Å². The quantitative estimate of drug-likeness (QED) is 0.646. The minimum absolute atomic E-state index is 0.418. The Hall–Kier alpha value is -1.38. The van der Waals surface area contributed by atoms with E-state index >= 15 is 0 Å². The summed E-state index contributed by atoms with van der Waals surface area (Å²) in [4.78, 5) is 28.4. The maximum absolute atomic E-state index is 12.5. The van der Waals surface area contributed by atoms with Crippen molar-refractivity contribution in [1.82, 2.24) is 9.80 Å². The molecule has 0 aromatic carbocycles. The Morgan fingerprint density at radius 3 is 2.41 bits per heavy atom. The number of carbonyl (C=O) groups is 2. The Morgan fingerprint density at radius 1 is 1.19 bits per heavy atom. The van der Waals surface area contributed by atoms with Crippen molar-refractivity contribution in [2.45, 2.75) is 64.4 Å². The first-order valence-corrected chi connectivity index (χ1v) is 9.77. The molecule has 2 aliphatic rings. The number of ether oxygens (including phenoxy) is 4. The van der Waals surface area contributed by atoms with Crippen LogP contribution in [-0.4, -0.2) is 85.8 Å². The average Bonchev–Trinajstić information content (AvgIpc) is 3.08. The molecular weight excluding hydrogens is 352 g/mol. The van der Waals surface area contributed by atoms with E-state index < -0.39 is 29.5 Å². The summed E-state index contributed by atoms with van der Waals surface area (Å²) in [7, 11) is 1.34. The first-order chi connectivity index (χ1) is 12.7. The van der Waals surface area contributed by atoms with Crippen molar-refractivity contribution < 1.29 is 28.5 Å². The molecule has 156 valence electrons. The summed E-state index contributed by atoms with van der Waals surface area (Å²) >= 11 is 0. The Morgan fingerprint density at radius 2 is 1.85 bits per heavy atom. The summed E-state index contributed by atoms with van der Waals surface area (Å²) in [5, 5.41) is 0. The Balaban J connectivity index is 1.91. The third-order valence-electron chi connectivity index (χ3n) is 4.95. The van der Waals surface area contributed by atoms with Crippen LogP contribution in [0.5, 0.6) is 0 Å². The third-order valence-corrected chi connectivity index (χ3v) is 4.95. The number of amides is 1. The van der Waals surface area contributed by atoms with Gasteiger partial charge in [-0.2, -0.15) is 0 Å². The van der Waals surface area contributed by atoms with Crippen LogP contribution in [0.4, 0.5) is 4.79 Å². The SMILES string of the molecule is CCC1(CCCN2CCN(C(=O)OC(C)(C)C)C(C(=O)OC)C2)OCCO1. The van der Waals surface area contributed by atoms with Crippen LogP contribution in [0.1, 0.15) is 47.0 Å². The van der Waals surface area contributed by atoms with Crippen LogP contribution < -0.4 is 0 Å². The number of nitrogens with zero attached hydrogens (tertiary/aromatic N) is 2. The molecule has 2 heterocycles. The van der Waals surface area contributed by atoms with Crippen LogP contribution in [0, 0.1) is 0 Å². The van der Waals surface area contributed by atoms with Crippen LogP contribution >= 0.6 is 0 Å². The Labute approximate surface area is 162 Å². The summed E-state index contributed by atoms with van der Waals surface area (Å²) in [5.74, 6) is -0.877. The first-order valence-electron chi connectivity index (χ1n) is 9.77. The first kappa shape index (κ1) is 21.9. The standard InChI is InChI=1S/C19H34N2O6/c1-6-19(25-12-13-26-19)8-7-9-20-10-11-21(15(14-20)16(22)24-5)17(23)27-18(2,3)4/h15H,6-14H2,1-5H3. The minimum Gasteiger partial charge on any atom is -0.467 e. The fourth-order valence-corrected chi connectivity index (χ4v) is 3.51. The molecule has 0 saturated carbocycles. The highest BCUT2D eigenvalue weighted by molar-refractivity contribution is 5.82. The topological polar surface area (TPSA) is 77.5 Å². The zero-order valence-corrected chi connectivity index (χ0v) is 17.3. The number of piperazine rings is 1. The maximum atomic E-state index is 12.5. The minimum atomic E-state index is -0.655. The number of esters is 1. The van der Waals surface area contributed by atoms with Crippen molar-refractivity contribution in [3.8, 4) is 0 Å². The van der Waals surface area contributed by atoms with Crippen molar-refractivity contribution in [1.29, 1.82) is 0 Å². The van der Waals surface area contributed by atoms with E-state index in [1.165, 1.54) is 12.0 Å². The molecule has 8 nitrogen and oxygen atoms in total. The predicted octanol–water partition coefficient (Wildman–Crippen LogP) is 2.01. The lowest BCUT2D eigenvalue weighted by molar-refractivity contribution is -0.165. The van der Waals surface area contributed by atoms with Gasteiger partial charge >= 0.3 is 12.1 Å². The van der Waals surface area contributed by atoms with Crippen LogP contribution in [0.25, 0.3) is 0 Å². The average molecular weight is 386 g/mol. The zero-order chi connectivity index (χ0) is 20.1. The summed E-state index contributed by atoms with van der Waals surface area (Å²) in [5.41, 5.74) is -0.607. The molecule has 0 aliphatic carbocycles. The third kappa shape index (κ3) is 6.05. The molecular formula is C19H34N2O6. The highest BCUT2D eigenvalue weighted by Gasteiger charge is 2.39. The smallest absolute Gasteiger partial charge is 0.411 e. The number of hydrogen-bond donors (Lipinski definition) is 0. The molecule has 1 atom stereocenters. The molecule has 1 unspecified atom stereocenters. The number of methoxy groups -OCH3 is 1. The Kier molecular flexibility index (Phi) is 7.47. The van der Waals surface area contributed by atoms with E-state index in [0.717, 1.165) is 25.8 Å². The van der Waals surface area contributed by atoms with Gasteiger partial charge < -0.3 is 18.9 Å². The van der Waals surface area contributed by atoms with Crippen LogP contribution in [-0.2, 0) is 23.7 Å². The van der Waals surface area contributed by atoms with Gasteiger partial charge in [0.25, 0.3) is 0 Å². The number of carbonyl (C=O) groups excluding carboxylic acids is 2. The summed E-state index contributed by atoms with van der Waals surface area (Å²) in [6.45, 7) is 11.2. The molecule has 0 aromatic rings. The second-order valence-electron chi connectivity index (χ2n) is 8.08. The molecule has 0 radical (unpaired) electrons. The largest absolute Gasteiger partial charge is 0.467 e. The monoisotopic (exact) mass is 386 g/mol. The van der Waals surface area contributed by atoms with Crippen molar-refractivity contribution in [3.05, 3.63) is 0 Å². The predicted molar refractivity (Wildman–Crippen MR) is 99.3 cm³/mol. The molecule has 0 spiro atoms. The summed E-state index contributed by atoms with van der Waals surface area (Å²) in [6, 6.07) is -0.655. The van der Waals surface area contributed by atoms with Crippen molar-refractivity contribution >= 4 is 12.1 Å². The summed E-state index contributed by atoms with van der Waals surface area (Å²) < 4.78 is 21.9. The van der Waals surface area contributed by atoms with E-state index in [4.69, 9.17) is 18.9 Å². The van der Waals surface area contributed by atoms with Gasteiger partial charge in [0.05, 0.1) is 20.3 Å². The normalized spacial score (nSPS) is 23.3. The highest BCUT2D eigenvalue weighted by Crippen LogP contribution is 2.28. The van der Waals surface area contributed by atoms with Gasteiger partial charge in [-0.05, 0) is 40.2 Å². The molecule has 0 bridgehead atoms. The number of hydrogen-bond acceptors (Lipinski definition) is 7. The second kappa shape index (κ2) is 9.21. The van der Waals surface area contributed by atoms with Gasteiger partial charge in [-0.1, -0.05) is 6.92 Å². The lowest BCUT2D eigenvalue weighted by atomic mass is 10.1.